The molecule has 0 bridgehead atoms. The van der Waals surface area contributed by atoms with Gasteiger partial charge in [-0.15, -0.1) is 11.3 Å². The van der Waals surface area contributed by atoms with Gasteiger partial charge < -0.3 is 5.32 Å². The van der Waals surface area contributed by atoms with Crippen LogP contribution >= 0.6 is 11.3 Å². The SMILES string of the molecule is CCCc1ccc([C@H](NCC(=O)NC(=O)NCC(C)C)c2cccs2)cc1. The molecule has 146 valence electrons. The molecule has 0 unspecified atom stereocenters. The van der Waals surface area contributed by atoms with Gasteiger partial charge in [-0.25, -0.2) is 4.79 Å². The van der Waals surface area contributed by atoms with Gasteiger partial charge >= 0.3 is 6.03 Å². The highest BCUT2D eigenvalue weighted by Gasteiger charge is 2.17. The van der Waals surface area contributed by atoms with E-state index < -0.39 is 6.03 Å². The fourth-order valence-electron chi connectivity index (χ4n) is 2.71. The summed E-state index contributed by atoms with van der Waals surface area (Å²) in [5.41, 5.74) is 2.42. The molecule has 0 aliphatic carbocycles. The van der Waals surface area contributed by atoms with Crippen molar-refractivity contribution in [3.05, 3.63) is 57.8 Å². The number of carbonyl (C=O) groups is 2. The molecule has 1 aromatic carbocycles. The fraction of sp³-hybridized carbons (Fsp3) is 0.429. The van der Waals surface area contributed by atoms with Crippen molar-refractivity contribution >= 4 is 23.3 Å². The lowest BCUT2D eigenvalue weighted by molar-refractivity contribution is -0.119. The predicted octanol–water partition coefficient (Wildman–Crippen LogP) is 3.86. The number of carbonyl (C=O) groups excluding carboxylic acids is 2. The molecule has 3 amide bonds. The summed E-state index contributed by atoms with van der Waals surface area (Å²) in [5.74, 6) is -0.0109. The van der Waals surface area contributed by atoms with Crippen molar-refractivity contribution in [3.8, 4) is 0 Å². The van der Waals surface area contributed by atoms with E-state index in [1.165, 1.54) is 5.56 Å². The topological polar surface area (TPSA) is 70.2 Å². The number of thiophene rings is 1. The first-order valence-corrected chi connectivity index (χ1v) is 10.3. The Hall–Kier alpha value is -2.18. The second-order valence-corrected chi connectivity index (χ2v) is 7.95. The molecular formula is C21H29N3O2S. The van der Waals surface area contributed by atoms with Gasteiger partial charge in [-0.05, 0) is 34.9 Å². The largest absolute Gasteiger partial charge is 0.338 e. The highest BCUT2D eigenvalue weighted by Crippen LogP contribution is 2.26. The minimum atomic E-state index is -0.452. The van der Waals surface area contributed by atoms with Crippen LogP contribution in [0.1, 0.15) is 49.2 Å². The Morgan fingerprint density at radius 2 is 1.85 bits per heavy atom. The average Bonchev–Trinajstić information content (AvgIpc) is 3.16. The lowest BCUT2D eigenvalue weighted by Gasteiger charge is -2.18. The summed E-state index contributed by atoms with van der Waals surface area (Å²) in [6.45, 7) is 6.77. The molecule has 0 spiro atoms. The number of aryl methyl sites for hydroxylation is 1. The minimum Gasteiger partial charge on any atom is -0.338 e. The van der Waals surface area contributed by atoms with E-state index in [9.17, 15) is 9.59 Å². The highest BCUT2D eigenvalue weighted by molar-refractivity contribution is 7.10. The maximum Gasteiger partial charge on any atom is 0.321 e. The van der Waals surface area contributed by atoms with Crippen molar-refractivity contribution in [1.29, 1.82) is 0 Å². The zero-order valence-electron chi connectivity index (χ0n) is 16.2. The van der Waals surface area contributed by atoms with E-state index in [1.807, 2.05) is 25.3 Å². The zero-order valence-corrected chi connectivity index (χ0v) is 17.1. The van der Waals surface area contributed by atoms with Gasteiger partial charge in [0.2, 0.25) is 5.91 Å². The summed E-state index contributed by atoms with van der Waals surface area (Å²) in [6, 6.07) is 12.0. The molecule has 0 aliphatic heterocycles. The Labute approximate surface area is 165 Å². The van der Waals surface area contributed by atoms with Gasteiger partial charge in [0.05, 0.1) is 12.6 Å². The van der Waals surface area contributed by atoms with Crippen LogP contribution < -0.4 is 16.0 Å². The number of hydrogen-bond donors (Lipinski definition) is 3. The molecule has 1 heterocycles. The first-order valence-electron chi connectivity index (χ1n) is 9.43. The van der Waals surface area contributed by atoms with Crippen LogP contribution in [-0.2, 0) is 11.2 Å². The first-order chi connectivity index (χ1) is 13.0. The van der Waals surface area contributed by atoms with Crippen molar-refractivity contribution in [2.75, 3.05) is 13.1 Å². The van der Waals surface area contributed by atoms with Gasteiger partial charge in [0, 0.05) is 11.4 Å². The molecule has 1 atom stereocenters. The molecule has 2 aromatic rings. The van der Waals surface area contributed by atoms with E-state index in [0.29, 0.717) is 12.5 Å². The summed E-state index contributed by atoms with van der Waals surface area (Å²) < 4.78 is 0. The third-order valence-electron chi connectivity index (χ3n) is 4.07. The van der Waals surface area contributed by atoms with Crippen LogP contribution in [0, 0.1) is 5.92 Å². The zero-order chi connectivity index (χ0) is 19.6. The summed E-state index contributed by atoms with van der Waals surface area (Å²) in [6.07, 6.45) is 2.18. The molecule has 0 fully saturated rings. The maximum absolute atomic E-state index is 12.1. The van der Waals surface area contributed by atoms with E-state index >= 15 is 0 Å². The normalized spacial score (nSPS) is 12.0. The van der Waals surface area contributed by atoms with Gasteiger partial charge in [-0.2, -0.15) is 0 Å². The molecule has 0 saturated carbocycles. The van der Waals surface area contributed by atoms with Crippen LogP contribution in [0.5, 0.6) is 0 Å². The molecule has 0 saturated heterocycles. The molecule has 0 aliphatic rings. The minimum absolute atomic E-state index is 0.0639. The van der Waals surface area contributed by atoms with Gasteiger partial charge in [0.25, 0.3) is 0 Å². The average molecular weight is 388 g/mol. The van der Waals surface area contributed by atoms with Crippen molar-refractivity contribution in [2.45, 2.75) is 39.7 Å². The molecule has 2 rings (SSSR count). The smallest absolute Gasteiger partial charge is 0.321 e. The van der Waals surface area contributed by atoms with Gasteiger partial charge in [-0.3, -0.25) is 15.4 Å². The number of benzene rings is 1. The fourth-order valence-corrected chi connectivity index (χ4v) is 3.54. The first kappa shape index (κ1) is 21.1. The van der Waals surface area contributed by atoms with E-state index in [0.717, 1.165) is 23.3 Å². The van der Waals surface area contributed by atoms with Crippen LogP contribution in [0.3, 0.4) is 0 Å². The van der Waals surface area contributed by atoms with Crippen LogP contribution in [0.4, 0.5) is 4.79 Å². The summed E-state index contributed by atoms with van der Waals surface area (Å²) in [4.78, 5) is 25.0. The Balaban J connectivity index is 1.97. The summed E-state index contributed by atoms with van der Waals surface area (Å²) in [5, 5.41) is 10.3. The van der Waals surface area contributed by atoms with E-state index in [-0.39, 0.29) is 18.5 Å². The number of urea groups is 1. The third-order valence-corrected chi connectivity index (χ3v) is 5.01. The van der Waals surface area contributed by atoms with Crippen molar-refractivity contribution < 1.29 is 9.59 Å². The van der Waals surface area contributed by atoms with Crippen LogP contribution in [0.25, 0.3) is 0 Å². The third kappa shape index (κ3) is 7.15. The lowest BCUT2D eigenvalue weighted by atomic mass is 10.0. The number of nitrogens with one attached hydrogen (secondary N) is 3. The number of amides is 3. The van der Waals surface area contributed by atoms with Crippen molar-refractivity contribution in [3.63, 3.8) is 0 Å². The number of imide groups is 1. The highest BCUT2D eigenvalue weighted by atomic mass is 32.1. The molecule has 1 aromatic heterocycles. The molecular weight excluding hydrogens is 358 g/mol. The standard InChI is InChI=1S/C21H29N3O2S/c1-4-6-16-8-10-17(11-9-16)20(18-7-5-12-27-18)22-14-19(25)24-21(26)23-13-15(2)3/h5,7-12,15,20,22H,4,6,13-14H2,1-3H3,(H2,23,24,25,26)/t20-/m0/s1. The Morgan fingerprint density at radius 1 is 1.11 bits per heavy atom. The Morgan fingerprint density at radius 3 is 2.44 bits per heavy atom. The Kier molecular flexibility index (Phi) is 8.48. The number of hydrogen-bond acceptors (Lipinski definition) is 4. The van der Waals surface area contributed by atoms with E-state index in [1.54, 1.807) is 11.3 Å². The lowest BCUT2D eigenvalue weighted by Crippen LogP contribution is -2.44. The number of rotatable bonds is 9. The predicted molar refractivity (Wildman–Crippen MR) is 111 cm³/mol. The van der Waals surface area contributed by atoms with Gasteiger partial charge in [0.15, 0.2) is 0 Å². The second kappa shape index (κ2) is 10.8. The van der Waals surface area contributed by atoms with Crippen molar-refractivity contribution in [1.82, 2.24) is 16.0 Å². The van der Waals surface area contributed by atoms with Gasteiger partial charge in [0.1, 0.15) is 0 Å². The molecule has 6 heteroatoms. The van der Waals surface area contributed by atoms with Crippen LogP contribution in [0.15, 0.2) is 41.8 Å². The molecule has 0 radical (unpaired) electrons. The quantitative estimate of drug-likeness (QED) is 0.612. The summed E-state index contributed by atoms with van der Waals surface area (Å²) >= 11 is 1.64. The second-order valence-electron chi connectivity index (χ2n) is 6.97. The molecule has 5 nitrogen and oxygen atoms in total. The van der Waals surface area contributed by atoms with Gasteiger partial charge in [-0.1, -0.05) is 57.5 Å². The van der Waals surface area contributed by atoms with Crippen LogP contribution in [0.2, 0.25) is 0 Å². The van der Waals surface area contributed by atoms with Crippen LogP contribution in [-0.4, -0.2) is 25.0 Å². The summed E-state index contributed by atoms with van der Waals surface area (Å²) in [7, 11) is 0. The molecule has 3 N–H and O–H groups in total. The van der Waals surface area contributed by atoms with E-state index in [4.69, 9.17) is 0 Å². The Bertz CT molecular complexity index is 712. The molecule has 27 heavy (non-hydrogen) atoms. The maximum atomic E-state index is 12.1. The van der Waals surface area contributed by atoms with E-state index in [2.05, 4.69) is 53.2 Å². The van der Waals surface area contributed by atoms with Crippen molar-refractivity contribution in [2.24, 2.45) is 5.92 Å². The monoisotopic (exact) mass is 387 g/mol.